The molecule has 1 aliphatic heterocycles. The number of carbonyl (C=O) groups is 3. The second kappa shape index (κ2) is 10.6. The van der Waals surface area contributed by atoms with E-state index in [1.165, 1.54) is 30.2 Å². The quantitative estimate of drug-likeness (QED) is 0.272. The van der Waals surface area contributed by atoms with Crippen LogP contribution in [0.4, 0.5) is 5.69 Å². The lowest BCUT2D eigenvalue weighted by molar-refractivity contribution is -0.122. The number of carboxylic acids is 1. The van der Waals surface area contributed by atoms with Gasteiger partial charge in [-0.3, -0.25) is 19.8 Å². The van der Waals surface area contributed by atoms with Crippen molar-refractivity contribution in [2.45, 2.75) is 20.5 Å². The van der Waals surface area contributed by atoms with Gasteiger partial charge in [0.05, 0.1) is 18.4 Å². The number of hydrogen-bond donors (Lipinski definition) is 2. The smallest absolute Gasteiger partial charge is 0.335 e. The number of hydrogen-bond acceptors (Lipinski definition) is 6. The van der Waals surface area contributed by atoms with Gasteiger partial charge in [-0.05, 0) is 79.2 Å². The molecule has 0 spiro atoms. The average Bonchev–Trinajstić information content (AvgIpc) is 2.86. The number of carbonyl (C=O) groups excluding carboxylic acids is 2. The predicted octanol–water partition coefficient (Wildman–Crippen LogP) is 4.42. The van der Waals surface area contributed by atoms with Crippen LogP contribution in [-0.2, 0) is 16.2 Å². The van der Waals surface area contributed by atoms with Crippen LogP contribution in [0.25, 0.3) is 6.08 Å². The standard InChI is InChI=1S/C28H24N2O6S/c1-16-7-9-22(17(2)11-16)30-26(32)21(25(31)29-28(30)37)13-18-8-10-23(24(14-18)35-3)36-15-19-5-4-6-20(12-19)27(33)34/h4-14H,15H2,1-3H3,(H,33,34)(H,29,31,37)/b21-13+. The Morgan fingerprint density at radius 2 is 1.84 bits per heavy atom. The van der Waals surface area contributed by atoms with Gasteiger partial charge in [0.1, 0.15) is 12.2 Å². The minimum absolute atomic E-state index is 0.0207. The van der Waals surface area contributed by atoms with E-state index in [1.807, 2.05) is 26.0 Å². The summed E-state index contributed by atoms with van der Waals surface area (Å²) in [5.41, 5.74) is 3.81. The van der Waals surface area contributed by atoms with Gasteiger partial charge in [-0.15, -0.1) is 0 Å². The molecule has 0 aliphatic carbocycles. The molecule has 0 unspecified atom stereocenters. The molecule has 3 aromatic rings. The van der Waals surface area contributed by atoms with Crippen molar-refractivity contribution in [3.05, 3.63) is 94.1 Å². The number of thiocarbonyl (C=S) groups is 1. The maximum Gasteiger partial charge on any atom is 0.335 e. The summed E-state index contributed by atoms with van der Waals surface area (Å²) in [4.78, 5) is 38.5. The zero-order chi connectivity index (χ0) is 26.7. The topological polar surface area (TPSA) is 105 Å². The maximum absolute atomic E-state index is 13.4. The number of carboxylic acid groups (broad SMARTS) is 1. The molecule has 0 bridgehead atoms. The van der Waals surface area contributed by atoms with Crippen LogP contribution in [0.3, 0.4) is 0 Å². The minimum Gasteiger partial charge on any atom is -0.493 e. The Balaban J connectivity index is 1.59. The molecular weight excluding hydrogens is 492 g/mol. The molecule has 188 valence electrons. The lowest BCUT2D eigenvalue weighted by atomic mass is 10.0. The third kappa shape index (κ3) is 5.52. The van der Waals surface area contributed by atoms with Crippen LogP contribution in [0.2, 0.25) is 0 Å². The molecule has 8 nitrogen and oxygen atoms in total. The SMILES string of the molecule is COc1cc(/C=C2\C(=O)NC(=S)N(c3ccc(C)cc3C)C2=O)ccc1OCc1cccc(C(=O)O)c1. The fraction of sp³-hybridized carbons (Fsp3) is 0.143. The Labute approximate surface area is 219 Å². The fourth-order valence-electron chi connectivity index (χ4n) is 3.95. The molecule has 1 saturated heterocycles. The number of anilines is 1. The number of aromatic carboxylic acids is 1. The van der Waals surface area contributed by atoms with E-state index in [0.29, 0.717) is 28.3 Å². The summed E-state index contributed by atoms with van der Waals surface area (Å²) in [5, 5.41) is 11.8. The number of ether oxygens (including phenoxy) is 2. The summed E-state index contributed by atoms with van der Waals surface area (Å²) in [6.07, 6.45) is 1.47. The number of benzene rings is 3. The summed E-state index contributed by atoms with van der Waals surface area (Å²) in [5.74, 6) is -1.33. The van der Waals surface area contributed by atoms with Crippen LogP contribution in [0.5, 0.6) is 11.5 Å². The van der Waals surface area contributed by atoms with Crippen LogP contribution in [-0.4, -0.2) is 35.1 Å². The Morgan fingerprint density at radius 1 is 1.05 bits per heavy atom. The van der Waals surface area contributed by atoms with Gasteiger partial charge in [0.25, 0.3) is 11.8 Å². The van der Waals surface area contributed by atoms with Crippen molar-refractivity contribution in [1.29, 1.82) is 0 Å². The van der Waals surface area contributed by atoms with Gasteiger partial charge < -0.3 is 14.6 Å². The largest absolute Gasteiger partial charge is 0.493 e. The number of rotatable bonds is 7. The predicted molar refractivity (Wildman–Crippen MR) is 143 cm³/mol. The lowest BCUT2D eigenvalue weighted by Crippen LogP contribution is -2.54. The highest BCUT2D eigenvalue weighted by molar-refractivity contribution is 7.80. The van der Waals surface area contributed by atoms with Crippen molar-refractivity contribution in [2.24, 2.45) is 0 Å². The number of amides is 2. The van der Waals surface area contributed by atoms with E-state index in [2.05, 4.69) is 5.32 Å². The highest BCUT2D eigenvalue weighted by Gasteiger charge is 2.35. The molecule has 3 aromatic carbocycles. The first-order chi connectivity index (χ1) is 17.7. The third-order valence-electron chi connectivity index (χ3n) is 5.76. The Hall–Kier alpha value is -4.50. The first-order valence-electron chi connectivity index (χ1n) is 11.3. The molecule has 1 heterocycles. The molecule has 0 saturated carbocycles. The second-order valence-corrected chi connectivity index (χ2v) is 8.84. The molecule has 0 atom stereocenters. The number of aryl methyl sites for hydroxylation is 2. The Bertz CT molecular complexity index is 1460. The van der Waals surface area contributed by atoms with Crippen molar-refractivity contribution in [3.8, 4) is 11.5 Å². The lowest BCUT2D eigenvalue weighted by Gasteiger charge is -2.30. The summed E-state index contributed by atoms with van der Waals surface area (Å²) < 4.78 is 11.3. The highest BCUT2D eigenvalue weighted by Crippen LogP contribution is 2.31. The second-order valence-electron chi connectivity index (χ2n) is 8.45. The van der Waals surface area contributed by atoms with Gasteiger partial charge in [0.2, 0.25) is 0 Å². The number of methoxy groups -OCH3 is 1. The zero-order valence-electron chi connectivity index (χ0n) is 20.4. The highest BCUT2D eigenvalue weighted by atomic mass is 32.1. The van der Waals surface area contributed by atoms with E-state index < -0.39 is 17.8 Å². The van der Waals surface area contributed by atoms with Crippen LogP contribution < -0.4 is 19.7 Å². The fourth-order valence-corrected chi connectivity index (χ4v) is 4.22. The van der Waals surface area contributed by atoms with Crippen molar-refractivity contribution in [1.82, 2.24) is 5.32 Å². The van der Waals surface area contributed by atoms with Gasteiger partial charge >= 0.3 is 5.97 Å². The normalized spacial score (nSPS) is 14.5. The Morgan fingerprint density at radius 3 is 2.54 bits per heavy atom. The molecule has 9 heteroatoms. The van der Waals surface area contributed by atoms with Crippen molar-refractivity contribution >= 4 is 46.9 Å². The first kappa shape index (κ1) is 25.6. The summed E-state index contributed by atoms with van der Waals surface area (Å²) in [6.45, 7) is 3.95. The van der Waals surface area contributed by atoms with Crippen molar-refractivity contribution < 1.29 is 29.0 Å². The van der Waals surface area contributed by atoms with E-state index in [9.17, 15) is 19.5 Å². The van der Waals surface area contributed by atoms with Gasteiger partial charge in [-0.1, -0.05) is 35.9 Å². The number of nitrogens with one attached hydrogen (secondary N) is 1. The minimum atomic E-state index is -1.02. The molecule has 2 N–H and O–H groups in total. The van der Waals surface area contributed by atoms with Crippen LogP contribution >= 0.6 is 12.2 Å². The Kier molecular flexibility index (Phi) is 7.35. The van der Waals surface area contributed by atoms with E-state index in [-0.39, 0.29) is 22.9 Å². The van der Waals surface area contributed by atoms with Gasteiger partial charge in [-0.2, -0.15) is 0 Å². The number of nitrogens with zero attached hydrogens (tertiary/aromatic N) is 1. The van der Waals surface area contributed by atoms with Crippen LogP contribution in [0.15, 0.2) is 66.2 Å². The van der Waals surface area contributed by atoms with Crippen molar-refractivity contribution in [3.63, 3.8) is 0 Å². The zero-order valence-corrected chi connectivity index (χ0v) is 21.2. The van der Waals surface area contributed by atoms with Gasteiger partial charge in [0.15, 0.2) is 16.6 Å². The maximum atomic E-state index is 13.4. The van der Waals surface area contributed by atoms with Crippen LogP contribution in [0.1, 0.15) is 32.6 Å². The first-order valence-corrected chi connectivity index (χ1v) is 11.7. The van der Waals surface area contributed by atoms with Crippen molar-refractivity contribution in [2.75, 3.05) is 12.0 Å². The van der Waals surface area contributed by atoms with E-state index in [4.69, 9.17) is 21.7 Å². The molecule has 1 aliphatic rings. The molecule has 4 rings (SSSR count). The van der Waals surface area contributed by atoms with Crippen LogP contribution in [0, 0.1) is 13.8 Å². The van der Waals surface area contributed by atoms with Gasteiger partial charge in [-0.25, -0.2) is 4.79 Å². The molecule has 37 heavy (non-hydrogen) atoms. The molecule has 0 radical (unpaired) electrons. The average molecular weight is 517 g/mol. The third-order valence-corrected chi connectivity index (χ3v) is 6.05. The molecule has 2 amide bonds. The van der Waals surface area contributed by atoms with Gasteiger partial charge in [0, 0.05) is 0 Å². The van der Waals surface area contributed by atoms with E-state index >= 15 is 0 Å². The molecule has 1 fully saturated rings. The summed E-state index contributed by atoms with van der Waals surface area (Å²) >= 11 is 5.30. The summed E-state index contributed by atoms with van der Waals surface area (Å²) in [7, 11) is 1.48. The molecule has 0 aromatic heterocycles. The van der Waals surface area contributed by atoms with E-state index in [0.717, 1.165) is 11.1 Å². The summed E-state index contributed by atoms with van der Waals surface area (Å²) in [6, 6.07) is 17.0. The molecular formula is C28H24N2O6S. The van der Waals surface area contributed by atoms with E-state index in [1.54, 1.807) is 36.4 Å². The monoisotopic (exact) mass is 516 g/mol.